The van der Waals surface area contributed by atoms with Gasteiger partial charge >= 0.3 is 11.9 Å². The van der Waals surface area contributed by atoms with E-state index in [4.69, 9.17) is 14.6 Å². The van der Waals surface area contributed by atoms with Crippen LogP contribution in [0.2, 0.25) is 0 Å². The predicted octanol–water partition coefficient (Wildman–Crippen LogP) is 3.54. The molecule has 0 spiro atoms. The smallest absolute Gasteiger partial charge is 0.330 e. The van der Waals surface area contributed by atoms with Gasteiger partial charge in [-0.15, -0.1) is 0 Å². The summed E-state index contributed by atoms with van der Waals surface area (Å²) < 4.78 is 9.81. The van der Waals surface area contributed by atoms with Crippen LogP contribution in [-0.4, -0.2) is 36.4 Å². The number of unbranched alkanes of at least 4 members (excludes halogenated alkanes) is 8. The van der Waals surface area contributed by atoms with Crippen molar-refractivity contribution >= 4 is 11.9 Å². The molecule has 0 heterocycles. The molecule has 1 N–H and O–H groups in total. The topological polar surface area (TPSA) is 72.8 Å². The average Bonchev–Trinajstić information content (AvgIpc) is 2.56. The lowest BCUT2D eigenvalue weighted by Gasteiger charge is -2.14. The molecule has 0 saturated carbocycles. The minimum atomic E-state index is -0.826. The molecule has 23 heavy (non-hydrogen) atoms. The Morgan fingerprint density at radius 2 is 1.61 bits per heavy atom. The Morgan fingerprint density at radius 3 is 2.13 bits per heavy atom. The normalized spacial score (nSPS) is 11.7. The van der Waals surface area contributed by atoms with Gasteiger partial charge in [-0.1, -0.05) is 64.9 Å². The summed E-state index contributed by atoms with van der Waals surface area (Å²) in [6.45, 7) is 4.98. The molecule has 5 nitrogen and oxygen atoms in total. The van der Waals surface area contributed by atoms with Crippen molar-refractivity contribution in [2.24, 2.45) is 0 Å². The molecule has 0 fully saturated rings. The maximum absolute atomic E-state index is 11.6. The predicted molar refractivity (Wildman–Crippen MR) is 90.0 cm³/mol. The van der Waals surface area contributed by atoms with Crippen molar-refractivity contribution in [3.8, 4) is 0 Å². The van der Waals surface area contributed by atoms with Gasteiger partial charge < -0.3 is 14.6 Å². The zero-order valence-corrected chi connectivity index (χ0v) is 14.4. The minimum Gasteiger partial charge on any atom is -0.462 e. The number of carbonyl (C=O) groups excluding carboxylic acids is 2. The molecule has 0 aromatic carbocycles. The lowest BCUT2D eigenvalue weighted by Crippen LogP contribution is -2.27. The number of carbonyl (C=O) groups is 2. The summed E-state index contributed by atoms with van der Waals surface area (Å²) in [6.07, 6.45) is 11.3. The average molecular weight is 328 g/mol. The Hall–Kier alpha value is -1.36. The minimum absolute atomic E-state index is 0.119. The molecule has 0 radical (unpaired) electrons. The van der Waals surface area contributed by atoms with Crippen molar-refractivity contribution in [1.82, 2.24) is 0 Å². The van der Waals surface area contributed by atoms with Crippen LogP contribution in [0, 0.1) is 0 Å². The molecule has 0 saturated heterocycles. The van der Waals surface area contributed by atoms with Gasteiger partial charge in [0, 0.05) is 12.5 Å². The Kier molecular flexibility index (Phi) is 14.6. The van der Waals surface area contributed by atoms with Crippen LogP contribution in [0.25, 0.3) is 0 Å². The molecule has 1 unspecified atom stereocenters. The zero-order valence-electron chi connectivity index (χ0n) is 14.4. The number of aliphatic hydroxyl groups is 1. The number of hydrogen-bond acceptors (Lipinski definition) is 5. The van der Waals surface area contributed by atoms with E-state index >= 15 is 0 Å². The molecule has 5 heteroatoms. The fourth-order valence-corrected chi connectivity index (χ4v) is 2.17. The van der Waals surface area contributed by atoms with Gasteiger partial charge in [0.2, 0.25) is 0 Å². The van der Waals surface area contributed by atoms with E-state index in [9.17, 15) is 9.59 Å². The maximum atomic E-state index is 11.6. The van der Waals surface area contributed by atoms with E-state index in [-0.39, 0.29) is 19.2 Å². The highest BCUT2D eigenvalue weighted by molar-refractivity contribution is 5.81. The number of rotatable bonds is 15. The molecule has 0 rings (SSSR count). The third-order valence-electron chi connectivity index (χ3n) is 3.57. The van der Waals surface area contributed by atoms with Crippen molar-refractivity contribution < 1.29 is 24.2 Å². The van der Waals surface area contributed by atoms with Crippen LogP contribution in [0.4, 0.5) is 0 Å². The molecule has 0 aromatic heterocycles. The first-order valence-corrected chi connectivity index (χ1v) is 8.73. The Bertz CT molecular complexity index is 327. The summed E-state index contributed by atoms with van der Waals surface area (Å²) in [7, 11) is 0. The van der Waals surface area contributed by atoms with Crippen LogP contribution in [0.15, 0.2) is 12.7 Å². The standard InChI is InChI=1S/C18H32O5/c1-3-5-6-7-8-9-10-11-12-13-18(21)22-15-16(14-19)23-17(20)4-2/h4,16,19H,2-3,5-15H2,1H3. The molecule has 1 atom stereocenters. The summed E-state index contributed by atoms with van der Waals surface area (Å²) in [4.78, 5) is 22.6. The monoisotopic (exact) mass is 328 g/mol. The Labute approximate surface area is 140 Å². The third-order valence-corrected chi connectivity index (χ3v) is 3.57. The van der Waals surface area contributed by atoms with Crippen molar-refractivity contribution in [2.45, 2.75) is 77.2 Å². The number of hydrogen-bond donors (Lipinski definition) is 1. The third kappa shape index (κ3) is 14.0. The summed E-state index contributed by atoms with van der Waals surface area (Å²) >= 11 is 0. The molecule has 0 aliphatic rings. The van der Waals surface area contributed by atoms with Crippen molar-refractivity contribution in [3.05, 3.63) is 12.7 Å². The highest BCUT2D eigenvalue weighted by Gasteiger charge is 2.14. The maximum Gasteiger partial charge on any atom is 0.330 e. The zero-order chi connectivity index (χ0) is 17.3. The molecule has 0 amide bonds. The second kappa shape index (κ2) is 15.5. The lowest BCUT2D eigenvalue weighted by molar-refractivity contribution is -0.157. The summed E-state index contributed by atoms with van der Waals surface area (Å²) in [5.41, 5.74) is 0. The summed E-state index contributed by atoms with van der Waals surface area (Å²) in [5, 5.41) is 9.03. The quantitative estimate of drug-likeness (QED) is 0.283. The van der Waals surface area contributed by atoms with Gasteiger partial charge in [-0.2, -0.15) is 0 Å². The fraction of sp³-hybridized carbons (Fsp3) is 0.778. The molecule has 134 valence electrons. The van der Waals surface area contributed by atoms with Crippen molar-refractivity contribution in [1.29, 1.82) is 0 Å². The van der Waals surface area contributed by atoms with Crippen LogP contribution in [-0.2, 0) is 19.1 Å². The van der Waals surface area contributed by atoms with Gasteiger partial charge in [0.05, 0.1) is 6.61 Å². The molecule has 0 aromatic rings. The highest BCUT2D eigenvalue weighted by Crippen LogP contribution is 2.10. The van der Waals surface area contributed by atoms with E-state index in [0.29, 0.717) is 6.42 Å². The summed E-state index contributed by atoms with van der Waals surface area (Å²) in [5.74, 6) is -0.958. The van der Waals surface area contributed by atoms with Crippen molar-refractivity contribution in [3.63, 3.8) is 0 Å². The molecule has 0 aliphatic heterocycles. The lowest BCUT2D eigenvalue weighted by atomic mass is 10.1. The number of aliphatic hydroxyl groups excluding tert-OH is 1. The first-order valence-electron chi connectivity index (χ1n) is 8.73. The second-order valence-corrected chi connectivity index (χ2v) is 5.71. The Balaban J connectivity index is 3.52. The van der Waals surface area contributed by atoms with Gasteiger partial charge in [0.15, 0.2) is 6.10 Å². The largest absolute Gasteiger partial charge is 0.462 e. The SMILES string of the molecule is C=CC(=O)OC(CO)COC(=O)CCCCCCCCCCC. The highest BCUT2D eigenvalue weighted by atomic mass is 16.6. The van der Waals surface area contributed by atoms with Crippen molar-refractivity contribution in [2.75, 3.05) is 13.2 Å². The van der Waals surface area contributed by atoms with E-state index in [0.717, 1.165) is 25.3 Å². The number of ether oxygens (including phenoxy) is 2. The van der Waals surface area contributed by atoms with Gasteiger partial charge in [-0.05, 0) is 6.42 Å². The van der Waals surface area contributed by atoms with Gasteiger partial charge in [-0.3, -0.25) is 4.79 Å². The second-order valence-electron chi connectivity index (χ2n) is 5.71. The molecular formula is C18H32O5. The first kappa shape index (κ1) is 21.6. The van der Waals surface area contributed by atoms with E-state index in [1.807, 2.05) is 0 Å². The van der Waals surface area contributed by atoms with E-state index < -0.39 is 12.1 Å². The first-order chi connectivity index (χ1) is 11.1. The van der Waals surface area contributed by atoms with Crippen LogP contribution in [0.3, 0.4) is 0 Å². The van der Waals surface area contributed by atoms with Crippen LogP contribution in [0.5, 0.6) is 0 Å². The summed E-state index contributed by atoms with van der Waals surface area (Å²) in [6, 6.07) is 0. The van der Waals surface area contributed by atoms with Gasteiger partial charge in [-0.25, -0.2) is 4.79 Å². The van der Waals surface area contributed by atoms with E-state index in [1.54, 1.807) is 0 Å². The molecule has 0 aliphatic carbocycles. The van der Waals surface area contributed by atoms with Crippen LogP contribution >= 0.6 is 0 Å². The van der Waals surface area contributed by atoms with E-state index in [2.05, 4.69) is 13.5 Å². The van der Waals surface area contributed by atoms with Crippen LogP contribution in [0.1, 0.15) is 71.1 Å². The fourth-order valence-electron chi connectivity index (χ4n) is 2.17. The van der Waals surface area contributed by atoms with E-state index in [1.165, 1.54) is 38.5 Å². The van der Waals surface area contributed by atoms with Gasteiger partial charge in [0.1, 0.15) is 6.61 Å². The Morgan fingerprint density at radius 1 is 1.04 bits per heavy atom. The van der Waals surface area contributed by atoms with Crippen LogP contribution < -0.4 is 0 Å². The molecular weight excluding hydrogens is 296 g/mol. The van der Waals surface area contributed by atoms with Gasteiger partial charge in [0.25, 0.3) is 0 Å². The number of esters is 2. The molecule has 0 bridgehead atoms.